The van der Waals surface area contributed by atoms with E-state index >= 15 is 0 Å². The first-order valence-corrected chi connectivity index (χ1v) is 18.4. The quantitative estimate of drug-likeness (QED) is 0.376. The summed E-state index contributed by atoms with van der Waals surface area (Å²) < 4.78 is 42.4. The fourth-order valence-electron chi connectivity index (χ4n) is 8.35. The molecule has 3 aliphatic heterocycles. The molecule has 8 nitrogen and oxygen atoms in total. The van der Waals surface area contributed by atoms with Gasteiger partial charge in [-0.25, -0.2) is 13.1 Å². The summed E-state index contributed by atoms with van der Waals surface area (Å²) in [7, 11) is -3.91. The number of allylic oxidation sites excluding steroid dienone is 1. The van der Waals surface area contributed by atoms with Gasteiger partial charge in [0.1, 0.15) is 11.4 Å². The van der Waals surface area contributed by atoms with E-state index in [2.05, 4.69) is 39.2 Å². The summed E-state index contributed by atoms with van der Waals surface area (Å²) in [5.74, 6) is 0.617. The Balaban J connectivity index is 1.32. The predicted molar refractivity (Wildman–Crippen MR) is 177 cm³/mol. The molecule has 2 fully saturated rings. The van der Waals surface area contributed by atoms with Gasteiger partial charge >= 0.3 is 0 Å². The molecule has 2 spiro atoms. The van der Waals surface area contributed by atoms with Crippen molar-refractivity contribution in [2.24, 2.45) is 17.8 Å². The summed E-state index contributed by atoms with van der Waals surface area (Å²) in [4.78, 5) is 15.9. The molecule has 2 bridgehead atoms. The Morgan fingerprint density at radius 1 is 1.11 bits per heavy atom. The molecule has 2 aromatic carbocycles. The number of carbonyl (C=O) groups is 1. The lowest BCUT2D eigenvalue weighted by molar-refractivity contribution is -0.112. The Morgan fingerprint density at radius 2 is 1.98 bits per heavy atom. The van der Waals surface area contributed by atoms with Gasteiger partial charge in [0.15, 0.2) is 0 Å². The van der Waals surface area contributed by atoms with E-state index in [0.29, 0.717) is 37.0 Å². The van der Waals surface area contributed by atoms with Crippen molar-refractivity contribution in [3.63, 3.8) is 0 Å². The monoisotopic (exact) mass is 653 g/mol. The van der Waals surface area contributed by atoms with Gasteiger partial charge in [0.2, 0.25) is 10.0 Å². The van der Waals surface area contributed by atoms with Gasteiger partial charge in [-0.1, -0.05) is 36.7 Å². The van der Waals surface area contributed by atoms with Crippen molar-refractivity contribution in [2.75, 3.05) is 44.3 Å². The zero-order chi connectivity index (χ0) is 31.4. The molecule has 3 heterocycles. The van der Waals surface area contributed by atoms with Gasteiger partial charge in [-0.2, -0.15) is 0 Å². The highest BCUT2D eigenvalue weighted by atomic mass is 35.5. The number of benzene rings is 2. The maximum Gasteiger partial charge on any atom is 0.264 e. The molecule has 2 aliphatic carbocycles. The number of carbonyl (C=O) groups excluding carboxylic acids is 1. The van der Waals surface area contributed by atoms with E-state index in [1.807, 2.05) is 25.1 Å². The number of rotatable bonds is 0. The smallest absolute Gasteiger partial charge is 0.264 e. The van der Waals surface area contributed by atoms with Crippen molar-refractivity contribution >= 4 is 33.2 Å². The van der Waals surface area contributed by atoms with E-state index in [1.165, 1.54) is 11.1 Å². The van der Waals surface area contributed by atoms with Crippen molar-refractivity contribution < 1.29 is 22.7 Å². The highest BCUT2D eigenvalue weighted by molar-refractivity contribution is 7.90. The third kappa shape index (κ3) is 5.68. The molecule has 2 aromatic rings. The zero-order valence-corrected chi connectivity index (χ0v) is 27.8. The van der Waals surface area contributed by atoms with E-state index in [4.69, 9.17) is 21.1 Å². The molecule has 5 aliphatic rings. The first-order valence-electron chi connectivity index (χ1n) is 16.5. The number of fused-ring (bicyclic) bond motifs is 5. The van der Waals surface area contributed by atoms with Crippen LogP contribution in [0.15, 0.2) is 48.6 Å². The minimum atomic E-state index is -3.91. The molecule has 10 heteroatoms. The van der Waals surface area contributed by atoms with Crippen molar-refractivity contribution in [1.29, 1.82) is 0 Å². The molecule has 45 heavy (non-hydrogen) atoms. The molecular formula is C35H44ClN3O5S. The van der Waals surface area contributed by atoms with Crippen LogP contribution in [0.3, 0.4) is 0 Å². The van der Waals surface area contributed by atoms with Crippen molar-refractivity contribution in [3.8, 4) is 5.75 Å². The molecule has 7 rings (SSSR count). The van der Waals surface area contributed by atoms with Gasteiger partial charge in [0, 0.05) is 42.2 Å². The second kappa shape index (κ2) is 11.9. The van der Waals surface area contributed by atoms with Crippen LogP contribution < -0.4 is 19.7 Å². The largest absolute Gasteiger partial charge is 0.490 e. The first-order chi connectivity index (χ1) is 21.6. The number of halogens is 1. The number of anilines is 1. The maximum atomic E-state index is 13.5. The minimum Gasteiger partial charge on any atom is -0.490 e. The first kappa shape index (κ1) is 31.0. The number of nitrogens with one attached hydrogen (secondary N) is 2. The molecular weight excluding hydrogens is 610 g/mol. The number of ether oxygens (including phenoxy) is 2. The van der Waals surface area contributed by atoms with Gasteiger partial charge < -0.3 is 19.7 Å². The van der Waals surface area contributed by atoms with Crippen LogP contribution >= 0.6 is 11.6 Å². The predicted octanol–water partition coefficient (Wildman–Crippen LogP) is 5.24. The number of nitrogens with zero attached hydrogens (tertiary/aromatic N) is 1. The molecule has 2 N–H and O–H groups in total. The molecule has 1 amide bonds. The summed E-state index contributed by atoms with van der Waals surface area (Å²) >= 11 is 6.44. The topological polar surface area (TPSA) is 97.0 Å². The third-order valence-electron chi connectivity index (χ3n) is 11.3. The molecule has 0 aromatic heterocycles. The number of aryl methyl sites for hydroxylation is 1. The van der Waals surface area contributed by atoms with Gasteiger partial charge in [0.05, 0.1) is 24.2 Å². The molecule has 0 radical (unpaired) electrons. The second-order valence-electron chi connectivity index (χ2n) is 14.0. The van der Waals surface area contributed by atoms with Gasteiger partial charge in [-0.05, 0) is 105 Å². The van der Waals surface area contributed by atoms with Crippen molar-refractivity contribution in [2.45, 2.75) is 68.6 Å². The minimum absolute atomic E-state index is 0.189. The summed E-state index contributed by atoms with van der Waals surface area (Å²) in [6.07, 6.45) is 10.1. The van der Waals surface area contributed by atoms with Crippen LogP contribution in [-0.2, 0) is 26.6 Å². The average Bonchev–Trinajstić information content (AvgIpc) is 3.15. The van der Waals surface area contributed by atoms with Crippen LogP contribution in [0.4, 0.5) is 5.69 Å². The zero-order valence-electron chi connectivity index (χ0n) is 26.2. The van der Waals surface area contributed by atoms with E-state index in [9.17, 15) is 13.2 Å². The van der Waals surface area contributed by atoms with E-state index in [0.717, 1.165) is 74.7 Å². The molecule has 3 unspecified atom stereocenters. The maximum absolute atomic E-state index is 13.5. The standard InChI is InChI=1S/C35H44ClN3O5S/c1-23-5-3-14-35(20-37-15-16-44-35)30-10-7-27(30)19-39-21-34(13-4-6-25-17-28(36)9-11-29(25)34)22-43-32-12-8-26(18-31(32)39)33(40)38-45(41,42)24(23)2/h3,8-9,11-12,14,17-18,23-24,27,30,37H,4-7,10,13,15-16,19-22H2,1-2H3,(H,38,40)/b14-3+/t23-,24+,27?,30?,34?,35-/m0/s1. The lowest BCUT2D eigenvalue weighted by Crippen LogP contribution is -2.59. The number of morpholine rings is 1. The van der Waals surface area contributed by atoms with Crippen LogP contribution in [-0.4, -0.2) is 64.6 Å². The van der Waals surface area contributed by atoms with Crippen LogP contribution in [0.2, 0.25) is 5.02 Å². The molecule has 242 valence electrons. The Morgan fingerprint density at radius 3 is 2.76 bits per heavy atom. The number of hydrogen-bond acceptors (Lipinski definition) is 7. The SMILES string of the molecule is C[C@@H]1[C@@H](C)C/C=C/[C@]2(CNCCO2)C2CCC2CN2CC3(CCCc4cc(Cl)ccc43)COc3ccc(cc32)C(=O)NS1(=O)=O. The summed E-state index contributed by atoms with van der Waals surface area (Å²) in [6.45, 7) is 7.86. The van der Waals surface area contributed by atoms with Gasteiger partial charge in [-0.15, -0.1) is 0 Å². The Hall–Kier alpha value is -2.59. The van der Waals surface area contributed by atoms with Crippen LogP contribution in [0.25, 0.3) is 0 Å². The summed E-state index contributed by atoms with van der Waals surface area (Å²) in [5.41, 5.74) is 3.03. The van der Waals surface area contributed by atoms with E-state index < -0.39 is 26.8 Å². The average molecular weight is 654 g/mol. The highest BCUT2D eigenvalue weighted by Gasteiger charge is 2.50. The van der Waals surface area contributed by atoms with Crippen molar-refractivity contribution in [1.82, 2.24) is 10.0 Å². The lowest BCUT2D eigenvalue weighted by Gasteiger charge is -2.52. The Labute approximate surface area is 271 Å². The van der Waals surface area contributed by atoms with Gasteiger partial charge in [0.25, 0.3) is 5.91 Å². The summed E-state index contributed by atoms with van der Waals surface area (Å²) in [6, 6.07) is 11.6. The summed E-state index contributed by atoms with van der Waals surface area (Å²) in [5, 5.41) is 3.58. The van der Waals surface area contributed by atoms with Crippen molar-refractivity contribution in [3.05, 3.63) is 70.3 Å². The number of hydrogen-bond donors (Lipinski definition) is 2. The Bertz CT molecular complexity index is 1610. The van der Waals surface area contributed by atoms with E-state index in [1.54, 1.807) is 13.0 Å². The van der Waals surface area contributed by atoms with Crippen LogP contribution in [0.5, 0.6) is 5.75 Å². The fraction of sp³-hybridized carbons (Fsp3) is 0.571. The number of sulfonamides is 1. The molecule has 1 saturated heterocycles. The second-order valence-corrected chi connectivity index (χ2v) is 16.5. The fourth-order valence-corrected chi connectivity index (χ4v) is 9.83. The molecule has 6 atom stereocenters. The normalized spacial score (nSPS) is 35.3. The van der Waals surface area contributed by atoms with Crippen LogP contribution in [0, 0.1) is 17.8 Å². The highest BCUT2D eigenvalue weighted by Crippen LogP contribution is 2.49. The third-order valence-corrected chi connectivity index (χ3v) is 13.4. The molecule has 1 saturated carbocycles. The Kier molecular flexibility index (Phi) is 8.20. The van der Waals surface area contributed by atoms with Crippen LogP contribution in [0.1, 0.15) is 67.4 Å². The lowest BCUT2D eigenvalue weighted by atomic mass is 9.63. The van der Waals surface area contributed by atoms with Gasteiger partial charge in [-0.3, -0.25) is 4.79 Å². The number of amides is 1. The van der Waals surface area contributed by atoms with E-state index in [-0.39, 0.29) is 11.3 Å².